The van der Waals surface area contributed by atoms with E-state index in [1.165, 1.54) is 24.1 Å². The number of imidazole rings is 1. The Bertz CT molecular complexity index is 1070. The van der Waals surface area contributed by atoms with Crippen molar-refractivity contribution in [2.75, 3.05) is 14.2 Å². The Kier molecular flexibility index (Phi) is 8.21. The van der Waals surface area contributed by atoms with Crippen molar-refractivity contribution in [1.82, 2.24) is 9.55 Å². The van der Waals surface area contributed by atoms with Crippen LogP contribution in [0.3, 0.4) is 0 Å². The normalized spacial score (nSPS) is 14.6. The van der Waals surface area contributed by atoms with Crippen LogP contribution in [0.2, 0.25) is 0 Å². The molecule has 182 valence electrons. The highest BCUT2D eigenvalue weighted by atomic mass is 16.6. The van der Waals surface area contributed by atoms with Crippen LogP contribution in [0.5, 0.6) is 11.5 Å². The molecule has 0 radical (unpaired) electrons. The molecule has 2 aromatic rings. The standard InChI is InChI=1S/C26H32N2O6/c1-26(2,3)34-25(30)28-15-14-27-23(28)13-11-19(17-24(29)32-5)18-10-12-21(31-4)22(16-18)33-20-8-6-7-9-20/h10,12,14-16,19-20H,6-9,17H2,1-5H3. The van der Waals surface area contributed by atoms with E-state index in [2.05, 4.69) is 16.8 Å². The Labute approximate surface area is 200 Å². The van der Waals surface area contributed by atoms with Gasteiger partial charge in [0.25, 0.3) is 0 Å². The Balaban J connectivity index is 1.91. The lowest BCUT2D eigenvalue weighted by Crippen LogP contribution is -2.27. The predicted octanol–water partition coefficient (Wildman–Crippen LogP) is 4.69. The molecule has 1 unspecified atom stereocenters. The number of nitrogens with zero attached hydrogens (tertiary/aromatic N) is 2. The molecule has 0 aliphatic heterocycles. The second kappa shape index (κ2) is 11.1. The average Bonchev–Trinajstić information content (AvgIpc) is 3.47. The molecule has 1 heterocycles. The number of methoxy groups -OCH3 is 2. The highest BCUT2D eigenvalue weighted by molar-refractivity contribution is 5.73. The van der Waals surface area contributed by atoms with Crippen molar-refractivity contribution in [1.29, 1.82) is 0 Å². The molecule has 8 heteroatoms. The minimum absolute atomic E-state index is 0.0336. The Morgan fingerprint density at radius 1 is 1.18 bits per heavy atom. The first-order valence-electron chi connectivity index (χ1n) is 11.4. The molecule has 3 rings (SSSR count). The van der Waals surface area contributed by atoms with Gasteiger partial charge in [-0.25, -0.2) is 14.3 Å². The van der Waals surface area contributed by atoms with Gasteiger partial charge in [0, 0.05) is 12.4 Å². The predicted molar refractivity (Wildman–Crippen MR) is 126 cm³/mol. The maximum atomic E-state index is 12.5. The third kappa shape index (κ3) is 6.77. The number of esters is 1. The third-order valence-corrected chi connectivity index (χ3v) is 5.37. The molecule has 1 saturated carbocycles. The highest BCUT2D eigenvalue weighted by Gasteiger charge is 2.22. The van der Waals surface area contributed by atoms with Crippen LogP contribution in [-0.4, -0.2) is 47.5 Å². The number of hydrogen-bond acceptors (Lipinski definition) is 7. The van der Waals surface area contributed by atoms with Gasteiger partial charge in [-0.15, -0.1) is 0 Å². The van der Waals surface area contributed by atoms with Crippen molar-refractivity contribution in [3.63, 3.8) is 0 Å². The summed E-state index contributed by atoms with van der Waals surface area (Å²) in [5.41, 5.74) is 0.125. The van der Waals surface area contributed by atoms with E-state index in [4.69, 9.17) is 18.9 Å². The first kappa shape index (κ1) is 25.2. The average molecular weight is 469 g/mol. The quantitative estimate of drug-likeness (QED) is 0.449. The zero-order chi connectivity index (χ0) is 24.7. The van der Waals surface area contributed by atoms with E-state index in [9.17, 15) is 9.59 Å². The maximum Gasteiger partial charge on any atom is 0.420 e. The molecule has 8 nitrogen and oxygen atoms in total. The summed E-state index contributed by atoms with van der Waals surface area (Å²) in [6, 6.07) is 5.52. The largest absolute Gasteiger partial charge is 0.493 e. The van der Waals surface area contributed by atoms with Gasteiger partial charge in [-0.1, -0.05) is 12.0 Å². The van der Waals surface area contributed by atoms with Gasteiger partial charge >= 0.3 is 12.1 Å². The molecule has 34 heavy (non-hydrogen) atoms. The van der Waals surface area contributed by atoms with Gasteiger partial charge in [0.1, 0.15) is 5.60 Å². The van der Waals surface area contributed by atoms with Crippen molar-refractivity contribution in [3.05, 3.63) is 42.0 Å². The number of carbonyl (C=O) groups excluding carboxylic acids is 2. The molecule has 0 bridgehead atoms. The fourth-order valence-electron chi connectivity index (χ4n) is 3.70. The maximum absolute atomic E-state index is 12.5. The summed E-state index contributed by atoms with van der Waals surface area (Å²) in [6.07, 6.45) is 6.88. The smallest absolute Gasteiger partial charge is 0.420 e. The SMILES string of the molecule is COC(=O)CC(C#Cc1nccn1C(=O)OC(C)(C)C)c1ccc(OC)c(OC2CCCC2)c1. The summed E-state index contributed by atoms with van der Waals surface area (Å²) in [5.74, 6) is 6.58. The first-order chi connectivity index (χ1) is 16.2. The minimum Gasteiger partial charge on any atom is -0.493 e. The van der Waals surface area contributed by atoms with Crippen LogP contribution < -0.4 is 9.47 Å². The molecule has 0 saturated heterocycles. The van der Waals surface area contributed by atoms with Crippen LogP contribution in [0.25, 0.3) is 0 Å². The molecule has 0 N–H and O–H groups in total. The van der Waals surface area contributed by atoms with Crippen molar-refractivity contribution in [2.24, 2.45) is 0 Å². The molecule has 1 fully saturated rings. The van der Waals surface area contributed by atoms with E-state index >= 15 is 0 Å². The fourth-order valence-corrected chi connectivity index (χ4v) is 3.70. The molecule has 0 amide bonds. The van der Waals surface area contributed by atoms with E-state index < -0.39 is 23.6 Å². The molecule has 1 atom stereocenters. The van der Waals surface area contributed by atoms with Gasteiger partial charge in [-0.05, 0) is 70.1 Å². The zero-order valence-corrected chi connectivity index (χ0v) is 20.4. The van der Waals surface area contributed by atoms with Crippen molar-refractivity contribution >= 4 is 12.1 Å². The van der Waals surface area contributed by atoms with Crippen molar-refractivity contribution < 1.29 is 28.5 Å². The van der Waals surface area contributed by atoms with Crippen LogP contribution in [0, 0.1) is 11.8 Å². The third-order valence-electron chi connectivity index (χ3n) is 5.37. The van der Waals surface area contributed by atoms with Gasteiger partial charge in [0.2, 0.25) is 0 Å². The van der Waals surface area contributed by atoms with Crippen LogP contribution in [0.1, 0.15) is 70.2 Å². The van der Waals surface area contributed by atoms with E-state index in [1.54, 1.807) is 27.9 Å². The zero-order valence-electron chi connectivity index (χ0n) is 20.4. The molecular formula is C26H32N2O6. The molecule has 1 aliphatic carbocycles. The van der Waals surface area contributed by atoms with Gasteiger partial charge in [0.05, 0.1) is 32.7 Å². The van der Waals surface area contributed by atoms with Crippen molar-refractivity contribution in [2.45, 2.75) is 70.5 Å². The lowest BCUT2D eigenvalue weighted by Gasteiger charge is -2.19. The highest BCUT2D eigenvalue weighted by Crippen LogP contribution is 2.35. The van der Waals surface area contributed by atoms with Crippen LogP contribution in [-0.2, 0) is 14.3 Å². The monoisotopic (exact) mass is 468 g/mol. The molecule has 1 aromatic carbocycles. The Morgan fingerprint density at radius 2 is 1.91 bits per heavy atom. The summed E-state index contributed by atoms with van der Waals surface area (Å²) in [4.78, 5) is 28.8. The molecule has 1 aromatic heterocycles. The topological polar surface area (TPSA) is 88.9 Å². The van der Waals surface area contributed by atoms with Gasteiger partial charge in [-0.3, -0.25) is 4.79 Å². The second-order valence-corrected chi connectivity index (χ2v) is 9.14. The van der Waals surface area contributed by atoms with E-state index in [-0.39, 0.29) is 18.3 Å². The second-order valence-electron chi connectivity index (χ2n) is 9.14. The van der Waals surface area contributed by atoms with E-state index in [1.807, 2.05) is 18.2 Å². The lowest BCUT2D eigenvalue weighted by molar-refractivity contribution is -0.140. The fraction of sp³-hybridized carbons (Fsp3) is 0.500. The van der Waals surface area contributed by atoms with E-state index in [0.717, 1.165) is 31.2 Å². The van der Waals surface area contributed by atoms with Gasteiger partial charge < -0.3 is 18.9 Å². The van der Waals surface area contributed by atoms with Crippen molar-refractivity contribution in [3.8, 4) is 23.3 Å². The number of rotatable bonds is 6. The number of benzene rings is 1. The minimum atomic E-state index is -0.654. The molecule has 0 spiro atoms. The Morgan fingerprint density at radius 3 is 2.56 bits per heavy atom. The molecule has 1 aliphatic rings. The number of hydrogen-bond donors (Lipinski definition) is 0. The lowest BCUT2D eigenvalue weighted by atomic mass is 9.95. The van der Waals surface area contributed by atoms with Gasteiger partial charge in [-0.2, -0.15) is 0 Å². The van der Waals surface area contributed by atoms with Crippen LogP contribution in [0.4, 0.5) is 4.79 Å². The summed E-state index contributed by atoms with van der Waals surface area (Å²) in [6.45, 7) is 5.36. The number of aromatic nitrogens is 2. The summed E-state index contributed by atoms with van der Waals surface area (Å²) in [5, 5.41) is 0. The van der Waals surface area contributed by atoms with Gasteiger partial charge in [0.15, 0.2) is 17.3 Å². The summed E-state index contributed by atoms with van der Waals surface area (Å²) >= 11 is 0. The molecular weight excluding hydrogens is 436 g/mol. The number of ether oxygens (including phenoxy) is 4. The van der Waals surface area contributed by atoms with Crippen LogP contribution >= 0.6 is 0 Å². The summed E-state index contributed by atoms with van der Waals surface area (Å²) in [7, 11) is 2.93. The number of carbonyl (C=O) groups is 2. The first-order valence-corrected chi connectivity index (χ1v) is 11.4. The summed E-state index contributed by atoms with van der Waals surface area (Å²) < 4.78 is 23.2. The van der Waals surface area contributed by atoms with Crippen LogP contribution in [0.15, 0.2) is 30.6 Å². The Hall–Kier alpha value is -3.47. The van der Waals surface area contributed by atoms with E-state index in [0.29, 0.717) is 11.5 Å².